The predicted octanol–water partition coefficient (Wildman–Crippen LogP) is 1.57. The highest BCUT2D eigenvalue weighted by Gasteiger charge is 2.14. The van der Waals surface area contributed by atoms with E-state index in [1.807, 2.05) is 0 Å². The van der Waals surface area contributed by atoms with Gasteiger partial charge in [0, 0.05) is 5.56 Å². The van der Waals surface area contributed by atoms with Gasteiger partial charge in [-0.05, 0) is 24.3 Å². The lowest BCUT2D eigenvalue weighted by Gasteiger charge is -2.09. The average molecular weight is 263 g/mol. The molecule has 0 unspecified atom stereocenters. The Morgan fingerprint density at radius 3 is 2.74 bits per heavy atom. The Kier molecular flexibility index (Phi) is 3.28. The van der Waals surface area contributed by atoms with E-state index in [0.717, 1.165) is 0 Å². The second-order valence-electron chi connectivity index (χ2n) is 3.65. The van der Waals surface area contributed by atoms with Crippen LogP contribution in [0, 0.1) is 5.82 Å². The van der Waals surface area contributed by atoms with Crippen molar-refractivity contribution in [2.75, 3.05) is 12.8 Å². The lowest BCUT2D eigenvalue weighted by atomic mass is 10.1. The summed E-state index contributed by atoms with van der Waals surface area (Å²) in [6.45, 7) is 0. The first-order valence-electron chi connectivity index (χ1n) is 5.23. The van der Waals surface area contributed by atoms with Crippen LogP contribution in [0.1, 0.15) is 10.5 Å². The molecule has 7 heteroatoms. The summed E-state index contributed by atoms with van der Waals surface area (Å²) in [6, 6.07) is 5.04. The van der Waals surface area contributed by atoms with Gasteiger partial charge < -0.3 is 15.6 Å². The predicted molar refractivity (Wildman–Crippen MR) is 65.3 cm³/mol. The number of aromatic nitrogens is 2. The third-order valence-corrected chi connectivity index (χ3v) is 2.40. The molecule has 0 amide bonds. The molecule has 1 heterocycles. The fourth-order valence-electron chi connectivity index (χ4n) is 1.59. The standard InChI is InChI=1S/C12H10FN3O3/c1-19-10-3-2-6(13)4-7(10)8-5-9(11(17)18)16-12(14)15-8/h2-5H,1H3,(H,17,18)(H2,14,15,16). The number of hydrogen-bond donors (Lipinski definition) is 2. The van der Waals surface area contributed by atoms with Gasteiger partial charge in [-0.2, -0.15) is 0 Å². The average Bonchev–Trinajstić information content (AvgIpc) is 2.37. The molecule has 0 atom stereocenters. The molecule has 0 aliphatic carbocycles. The monoisotopic (exact) mass is 263 g/mol. The molecule has 3 N–H and O–H groups in total. The summed E-state index contributed by atoms with van der Waals surface area (Å²) in [5.41, 5.74) is 5.66. The summed E-state index contributed by atoms with van der Waals surface area (Å²) >= 11 is 0. The molecular formula is C12H10FN3O3. The van der Waals surface area contributed by atoms with Gasteiger partial charge in [0.25, 0.3) is 0 Å². The molecule has 0 fully saturated rings. The van der Waals surface area contributed by atoms with Crippen molar-refractivity contribution in [3.63, 3.8) is 0 Å². The number of aromatic carboxylic acids is 1. The number of carboxylic acid groups (broad SMARTS) is 1. The van der Waals surface area contributed by atoms with Crippen LogP contribution in [0.5, 0.6) is 5.75 Å². The van der Waals surface area contributed by atoms with Crippen LogP contribution >= 0.6 is 0 Å². The molecule has 19 heavy (non-hydrogen) atoms. The highest BCUT2D eigenvalue weighted by molar-refractivity contribution is 5.87. The second-order valence-corrected chi connectivity index (χ2v) is 3.65. The number of anilines is 1. The van der Waals surface area contributed by atoms with Crippen LogP contribution in [0.4, 0.5) is 10.3 Å². The van der Waals surface area contributed by atoms with E-state index in [9.17, 15) is 9.18 Å². The van der Waals surface area contributed by atoms with E-state index < -0.39 is 11.8 Å². The quantitative estimate of drug-likeness (QED) is 0.872. The Labute approximate surface area is 107 Å². The molecule has 0 radical (unpaired) electrons. The van der Waals surface area contributed by atoms with Crippen LogP contribution in [0.25, 0.3) is 11.3 Å². The van der Waals surface area contributed by atoms with Gasteiger partial charge in [0.2, 0.25) is 5.95 Å². The van der Waals surface area contributed by atoms with E-state index in [1.165, 1.54) is 31.4 Å². The minimum atomic E-state index is -1.24. The zero-order valence-electron chi connectivity index (χ0n) is 9.92. The molecule has 6 nitrogen and oxygen atoms in total. The molecule has 0 saturated heterocycles. The minimum Gasteiger partial charge on any atom is -0.496 e. The van der Waals surface area contributed by atoms with Crippen molar-refractivity contribution in [3.05, 3.63) is 35.8 Å². The van der Waals surface area contributed by atoms with Crippen molar-refractivity contribution in [3.8, 4) is 17.0 Å². The van der Waals surface area contributed by atoms with Crippen LogP contribution in [-0.2, 0) is 0 Å². The molecule has 2 rings (SSSR count). The number of carboxylic acids is 1. The topological polar surface area (TPSA) is 98.3 Å². The van der Waals surface area contributed by atoms with Crippen LogP contribution in [0.15, 0.2) is 24.3 Å². The molecular weight excluding hydrogens is 253 g/mol. The number of carbonyl (C=O) groups is 1. The summed E-state index contributed by atoms with van der Waals surface area (Å²) in [6.07, 6.45) is 0. The number of benzene rings is 1. The maximum atomic E-state index is 13.3. The number of ether oxygens (including phenoxy) is 1. The third-order valence-electron chi connectivity index (χ3n) is 2.40. The number of nitrogen functional groups attached to an aromatic ring is 1. The van der Waals surface area contributed by atoms with Crippen molar-refractivity contribution in [1.29, 1.82) is 0 Å². The molecule has 0 spiro atoms. The van der Waals surface area contributed by atoms with Gasteiger partial charge in [-0.25, -0.2) is 19.2 Å². The maximum Gasteiger partial charge on any atom is 0.354 e. The first-order chi connectivity index (χ1) is 9.01. The fourth-order valence-corrected chi connectivity index (χ4v) is 1.59. The van der Waals surface area contributed by atoms with Crippen molar-refractivity contribution < 1.29 is 19.0 Å². The summed E-state index contributed by atoms with van der Waals surface area (Å²) in [4.78, 5) is 18.4. The van der Waals surface area contributed by atoms with Gasteiger partial charge in [-0.15, -0.1) is 0 Å². The highest BCUT2D eigenvalue weighted by Crippen LogP contribution is 2.29. The van der Waals surface area contributed by atoms with E-state index in [2.05, 4.69) is 9.97 Å². The molecule has 0 bridgehead atoms. The summed E-state index contributed by atoms with van der Waals surface area (Å²) in [5, 5.41) is 8.91. The molecule has 98 valence electrons. The van der Waals surface area contributed by atoms with E-state index in [4.69, 9.17) is 15.6 Å². The number of halogens is 1. The molecule has 1 aromatic heterocycles. The van der Waals surface area contributed by atoms with Crippen LogP contribution in [0.3, 0.4) is 0 Å². The Balaban J connectivity index is 2.64. The number of methoxy groups -OCH3 is 1. The summed E-state index contributed by atoms with van der Waals surface area (Å²) in [7, 11) is 1.42. The lowest BCUT2D eigenvalue weighted by Crippen LogP contribution is -2.06. The van der Waals surface area contributed by atoms with E-state index >= 15 is 0 Å². The van der Waals surface area contributed by atoms with E-state index in [1.54, 1.807) is 0 Å². The van der Waals surface area contributed by atoms with Crippen molar-refractivity contribution in [1.82, 2.24) is 9.97 Å². The Hall–Kier alpha value is -2.70. The Morgan fingerprint density at radius 2 is 2.11 bits per heavy atom. The smallest absolute Gasteiger partial charge is 0.354 e. The second kappa shape index (κ2) is 4.89. The molecule has 2 aromatic rings. The van der Waals surface area contributed by atoms with E-state index in [-0.39, 0.29) is 17.3 Å². The van der Waals surface area contributed by atoms with Crippen LogP contribution in [0.2, 0.25) is 0 Å². The van der Waals surface area contributed by atoms with Gasteiger partial charge in [0.05, 0.1) is 12.8 Å². The number of hydrogen-bond acceptors (Lipinski definition) is 5. The molecule has 0 aliphatic rings. The molecule has 1 aromatic carbocycles. The normalized spacial score (nSPS) is 10.2. The van der Waals surface area contributed by atoms with Crippen LogP contribution in [-0.4, -0.2) is 28.2 Å². The minimum absolute atomic E-state index is 0.182. The van der Waals surface area contributed by atoms with Gasteiger partial charge in [-0.3, -0.25) is 0 Å². The fraction of sp³-hybridized carbons (Fsp3) is 0.0833. The number of nitrogens with two attached hydrogens (primary N) is 1. The maximum absolute atomic E-state index is 13.3. The Morgan fingerprint density at radius 1 is 1.37 bits per heavy atom. The zero-order valence-corrected chi connectivity index (χ0v) is 9.92. The highest BCUT2D eigenvalue weighted by atomic mass is 19.1. The largest absolute Gasteiger partial charge is 0.496 e. The third kappa shape index (κ3) is 2.59. The number of nitrogens with zero attached hydrogens (tertiary/aromatic N) is 2. The summed E-state index contributed by atoms with van der Waals surface area (Å²) < 4.78 is 18.4. The zero-order chi connectivity index (χ0) is 14.0. The van der Waals surface area contributed by atoms with Gasteiger partial charge in [0.1, 0.15) is 11.6 Å². The van der Waals surface area contributed by atoms with Crippen molar-refractivity contribution in [2.45, 2.75) is 0 Å². The molecule has 0 aliphatic heterocycles. The van der Waals surface area contributed by atoms with Gasteiger partial charge in [0.15, 0.2) is 5.69 Å². The molecule has 0 saturated carbocycles. The summed E-state index contributed by atoms with van der Waals surface area (Å²) in [5.74, 6) is -1.59. The van der Waals surface area contributed by atoms with Gasteiger partial charge >= 0.3 is 5.97 Å². The van der Waals surface area contributed by atoms with Crippen molar-refractivity contribution >= 4 is 11.9 Å². The van der Waals surface area contributed by atoms with Crippen molar-refractivity contribution in [2.24, 2.45) is 0 Å². The van der Waals surface area contributed by atoms with E-state index in [0.29, 0.717) is 11.3 Å². The lowest BCUT2D eigenvalue weighted by molar-refractivity contribution is 0.0690. The number of rotatable bonds is 3. The van der Waals surface area contributed by atoms with Gasteiger partial charge in [-0.1, -0.05) is 0 Å². The first-order valence-corrected chi connectivity index (χ1v) is 5.23. The Bertz CT molecular complexity index is 646. The van der Waals surface area contributed by atoms with Crippen LogP contribution < -0.4 is 10.5 Å². The first kappa shape index (κ1) is 12.7. The SMILES string of the molecule is COc1ccc(F)cc1-c1cc(C(=O)O)nc(N)n1.